The van der Waals surface area contributed by atoms with E-state index < -0.39 is 29.3 Å². The fourth-order valence-corrected chi connectivity index (χ4v) is 4.53. The fraction of sp³-hybridized carbons (Fsp3) is 0.560. The predicted octanol–water partition coefficient (Wildman–Crippen LogP) is 2.95. The molecular formula is C25H32N2O8. The van der Waals surface area contributed by atoms with Crippen LogP contribution in [0, 0.1) is 22.0 Å². The first-order chi connectivity index (χ1) is 16.6. The van der Waals surface area contributed by atoms with Gasteiger partial charge in [-0.25, -0.2) is 4.98 Å². The third-order valence-corrected chi connectivity index (χ3v) is 6.95. The number of epoxide rings is 1. The fourth-order valence-electron chi connectivity index (χ4n) is 4.53. The maximum atomic E-state index is 10.8. The summed E-state index contributed by atoms with van der Waals surface area (Å²) in [4.78, 5) is 14.6. The Morgan fingerprint density at radius 2 is 1.94 bits per heavy atom. The van der Waals surface area contributed by atoms with Crippen molar-refractivity contribution < 1.29 is 34.1 Å². The molecule has 190 valence electrons. The van der Waals surface area contributed by atoms with Crippen LogP contribution in [0.5, 0.6) is 0 Å². The molecule has 10 heteroatoms. The summed E-state index contributed by atoms with van der Waals surface area (Å²) in [5.74, 6) is 0.626. The number of non-ortho nitro benzene ring substituents is 1. The van der Waals surface area contributed by atoms with Gasteiger partial charge in [0.05, 0.1) is 48.2 Å². The summed E-state index contributed by atoms with van der Waals surface area (Å²) in [6.45, 7) is 5.85. The third-order valence-electron chi connectivity index (χ3n) is 6.95. The summed E-state index contributed by atoms with van der Waals surface area (Å²) in [6.07, 6.45) is 1.19. The number of rotatable bonds is 9. The quantitative estimate of drug-likeness (QED) is 0.275. The lowest BCUT2D eigenvalue weighted by atomic mass is 9.85. The highest BCUT2D eigenvalue weighted by Gasteiger charge is 2.48. The summed E-state index contributed by atoms with van der Waals surface area (Å²) in [5.41, 5.74) is 1.52. The van der Waals surface area contributed by atoms with E-state index in [1.807, 2.05) is 13.8 Å². The maximum absolute atomic E-state index is 10.8. The van der Waals surface area contributed by atoms with Gasteiger partial charge >= 0.3 is 0 Å². The molecule has 10 nitrogen and oxygen atoms in total. The number of benzene rings is 1. The van der Waals surface area contributed by atoms with Gasteiger partial charge in [0.25, 0.3) is 5.69 Å². The standard InChI is InChI=1S/C25H32N2O8/c1-13(9-22-26-11-21(34-22)16-4-6-18(7-5-16)27(31)32)8-19-24(30)23(29)17(12-33-19)10-20-25(35-20)14(2)15(3)28/h4-7,9,11,14-15,17,19-20,23-25,28-30H,8,10,12H2,1-3H3/b13-9+. The van der Waals surface area contributed by atoms with Crippen molar-refractivity contribution in [2.45, 2.75) is 70.2 Å². The Morgan fingerprint density at radius 1 is 1.23 bits per heavy atom. The summed E-state index contributed by atoms with van der Waals surface area (Å²) in [7, 11) is 0. The average Bonchev–Trinajstić information content (AvgIpc) is 3.44. The summed E-state index contributed by atoms with van der Waals surface area (Å²) < 4.78 is 17.3. The number of nitro benzene ring substituents is 1. The van der Waals surface area contributed by atoms with Gasteiger partial charge in [0, 0.05) is 29.5 Å². The van der Waals surface area contributed by atoms with Crippen LogP contribution in [-0.2, 0) is 9.47 Å². The molecule has 1 aromatic carbocycles. The number of ether oxygens (including phenoxy) is 2. The smallest absolute Gasteiger partial charge is 0.269 e. The number of oxazole rings is 1. The zero-order chi connectivity index (χ0) is 25.3. The molecule has 0 aliphatic carbocycles. The Labute approximate surface area is 203 Å². The van der Waals surface area contributed by atoms with Gasteiger partial charge < -0.3 is 29.2 Å². The summed E-state index contributed by atoms with van der Waals surface area (Å²) >= 11 is 0. The van der Waals surface area contributed by atoms with E-state index in [1.165, 1.54) is 12.1 Å². The molecule has 2 aromatic rings. The predicted molar refractivity (Wildman–Crippen MR) is 126 cm³/mol. The van der Waals surface area contributed by atoms with Gasteiger partial charge in [0.2, 0.25) is 5.89 Å². The Hall–Kier alpha value is -2.63. The SMILES string of the molecule is C/C(=C\c1ncc(-c2ccc([N+](=O)[O-])cc2)o1)CC1OCC(CC2OC2C(C)C(C)O)C(O)C1O. The van der Waals surface area contributed by atoms with Gasteiger partial charge in [0.1, 0.15) is 6.10 Å². The Bertz CT molecular complexity index is 1050. The van der Waals surface area contributed by atoms with Crippen molar-refractivity contribution in [1.29, 1.82) is 0 Å². The minimum Gasteiger partial charge on any atom is -0.437 e. The molecule has 35 heavy (non-hydrogen) atoms. The van der Waals surface area contributed by atoms with Crippen LogP contribution >= 0.6 is 0 Å². The molecule has 0 spiro atoms. The number of nitrogens with zero attached hydrogens (tertiary/aromatic N) is 2. The highest BCUT2D eigenvalue weighted by molar-refractivity contribution is 5.59. The summed E-state index contributed by atoms with van der Waals surface area (Å²) in [6, 6.07) is 6.01. The van der Waals surface area contributed by atoms with Crippen LogP contribution < -0.4 is 0 Å². The zero-order valence-corrected chi connectivity index (χ0v) is 20.0. The first-order valence-electron chi connectivity index (χ1n) is 11.8. The van der Waals surface area contributed by atoms with Crippen LogP contribution in [0.2, 0.25) is 0 Å². The van der Waals surface area contributed by atoms with Crippen molar-refractivity contribution in [2.75, 3.05) is 6.61 Å². The van der Waals surface area contributed by atoms with E-state index in [2.05, 4.69) is 4.98 Å². The molecule has 8 unspecified atom stereocenters. The highest BCUT2D eigenvalue weighted by Crippen LogP contribution is 2.38. The van der Waals surface area contributed by atoms with Gasteiger partial charge in [-0.2, -0.15) is 0 Å². The number of hydrogen-bond donors (Lipinski definition) is 3. The Balaban J connectivity index is 1.31. The second-order valence-electron chi connectivity index (χ2n) is 9.65. The van der Waals surface area contributed by atoms with Crippen LogP contribution in [0.25, 0.3) is 17.4 Å². The van der Waals surface area contributed by atoms with Crippen molar-refractivity contribution in [3.8, 4) is 11.3 Å². The molecule has 0 radical (unpaired) electrons. The van der Waals surface area contributed by atoms with Crippen molar-refractivity contribution in [3.05, 3.63) is 52.0 Å². The highest BCUT2D eigenvalue weighted by atomic mass is 16.6. The monoisotopic (exact) mass is 488 g/mol. The van der Waals surface area contributed by atoms with Gasteiger partial charge in [-0.3, -0.25) is 10.1 Å². The molecule has 0 bridgehead atoms. The van der Waals surface area contributed by atoms with E-state index in [0.717, 1.165) is 5.57 Å². The lowest BCUT2D eigenvalue weighted by Gasteiger charge is -2.38. The molecule has 3 N–H and O–H groups in total. The third kappa shape index (κ3) is 5.96. The van der Waals surface area contributed by atoms with Crippen molar-refractivity contribution in [1.82, 2.24) is 4.98 Å². The normalized spacial score (nSPS) is 30.6. The molecule has 2 aliphatic rings. The zero-order valence-electron chi connectivity index (χ0n) is 20.0. The average molecular weight is 489 g/mol. The van der Waals surface area contributed by atoms with Gasteiger partial charge in [-0.15, -0.1) is 0 Å². The molecule has 1 aromatic heterocycles. The molecule has 8 atom stereocenters. The van der Waals surface area contributed by atoms with Crippen molar-refractivity contribution >= 4 is 11.8 Å². The minimum atomic E-state index is -1.04. The van der Waals surface area contributed by atoms with Crippen LogP contribution in [0.1, 0.15) is 39.5 Å². The Morgan fingerprint density at radius 3 is 2.60 bits per heavy atom. The van der Waals surface area contributed by atoms with E-state index in [9.17, 15) is 25.4 Å². The molecule has 0 amide bonds. The number of aliphatic hydroxyl groups is 3. The van der Waals surface area contributed by atoms with Crippen LogP contribution in [0.3, 0.4) is 0 Å². The van der Waals surface area contributed by atoms with E-state index >= 15 is 0 Å². The van der Waals surface area contributed by atoms with Gasteiger partial charge in [0.15, 0.2) is 5.76 Å². The summed E-state index contributed by atoms with van der Waals surface area (Å²) in [5, 5.41) is 41.9. The molecule has 4 rings (SSSR count). The first-order valence-corrected chi connectivity index (χ1v) is 11.8. The minimum absolute atomic E-state index is 0.00140. The van der Waals surface area contributed by atoms with Crippen molar-refractivity contribution in [3.63, 3.8) is 0 Å². The van der Waals surface area contributed by atoms with Crippen LogP contribution in [0.15, 0.2) is 40.5 Å². The largest absolute Gasteiger partial charge is 0.437 e. The second kappa shape index (κ2) is 10.5. The van der Waals surface area contributed by atoms with E-state index in [1.54, 1.807) is 31.3 Å². The lowest BCUT2D eigenvalue weighted by molar-refractivity contribution is -0.384. The van der Waals surface area contributed by atoms with E-state index in [4.69, 9.17) is 13.9 Å². The molecule has 2 aliphatic heterocycles. The maximum Gasteiger partial charge on any atom is 0.269 e. The van der Waals surface area contributed by atoms with Gasteiger partial charge in [-0.1, -0.05) is 12.5 Å². The Kier molecular flexibility index (Phi) is 7.67. The van der Waals surface area contributed by atoms with Crippen LogP contribution in [0.4, 0.5) is 5.69 Å². The molecule has 3 heterocycles. The molecule has 2 fully saturated rings. The number of hydrogen-bond acceptors (Lipinski definition) is 9. The van der Waals surface area contributed by atoms with Gasteiger partial charge in [-0.05, 0) is 44.9 Å². The molecule has 0 saturated carbocycles. The van der Waals surface area contributed by atoms with E-state index in [0.29, 0.717) is 36.7 Å². The molecular weight excluding hydrogens is 456 g/mol. The first kappa shape index (κ1) is 25.5. The van der Waals surface area contributed by atoms with E-state index in [-0.39, 0.29) is 29.7 Å². The van der Waals surface area contributed by atoms with Crippen molar-refractivity contribution in [2.24, 2.45) is 11.8 Å². The number of aliphatic hydroxyl groups excluding tert-OH is 3. The topological polar surface area (TPSA) is 152 Å². The molecule has 2 saturated heterocycles. The van der Waals surface area contributed by atoms with Crippen LogP contribution in [-0.4, -0.2) is 68.5 Å². The lowest BCUT2D eigenvalue weighted by Crippen LogP contribution is -2.50. The number of nitro groups is 1. The second-order valence-corrected chi connectivity index (χ2v) is 9.65. The number of aromatic nitrogens is 1.